The molecule has 0 aliphatic carbocycles. The van der Waals surface area contributed by atoms with Crippen LogP contribution in [0, 0.1) is 0 Å². The topological polar surface area (TPSA) is 18.5 Å². The van der Waals surface area contributed by atoms with Crippen molar-refractivity contribution < 1.29 is 0 Å². The SMILES string of the molecule is CC(C)=CCN1CCC(NCCN(C(C)C)C(C)C)CC1. The van der Waals surface area contributed by atoms with Crippen LogP contribution in [0.2, 0.25) is 0 Å². The minimum absolute atomic E-state index is 0.637. The standard InChI is InChI=1S/C18H37N3/c1-15(2)7-11-20-12-8-18(9-13-20)19-10-14-21(16(3)4)17(5)6/h7,16-19H,8-14H2,1-6H3. The summed E-state index contributed by atoms with van der Waals surface area (Å²) in [5.41, 5.74) is 1.43. The van der Waals surface area contributed by atoms with Crippen molar-refractivity contribution in [1.82, 2.24) is 15.1 Å². The normalized spacial score (nSPS) is 18.0. The molecule has 0 radical (unpaired) electrons. The van der Waals surface area contributed by atoms with Gasteiger partial charge in [-0.3, -0.25) is 9.80 Å². The molecule has 0 spiro atoms. The number of piperidine rings is 1. The predicted molar refractivity (Wildman–Crippen MR) is 93.9 cm³/mol. The van der Waals surface area contributed by atoms with Gasteiger partial charge in [0.2, 0.25) is 0 Å². The monoisotopic (exact) mass is 295 g/mol. The second-order valence-corrected chi connectivity index (χ2v) is 7.24. The molecule has 3 heteroatoms. The second kappa shape index (κ2) is 9.60. The zero-order chi connectivity index (χ0) is 15.8. The maximum Gasteiger partial charge on any atom is 0.0165 e. The highest BCUT2D eigenvalue weighted by molar-refractivity contribution is 4.95. The van der Waals surface area contributed by atoms with Crippen LogP contribution in [0.15, 0.2) is 11.6 Å². The molecule has 1 fully saturated rings. The van der Waals surface area contributed by atoms with Crippen LogP contribution in [-0.2, 0) is 0 Å². The fourth-order valence-corrected chi connectivity index (χ4v) is 3.14. The van der Waals surface area contributed by atoms with E-state index < -0.39 is 0 Å². The lowest BCUT2D eigenvalue weighted by Gasteiger charge is -2.34. The summed E-state index contributed by atoms with van der Waals surface area (Å²) < 4.78 is 0. The number of hydrogen-bond donors (Lipinski definition) is 1. The van der Waals surface area contributed by atoms with Gasteiger partial charge in [-0.05, 0) is 67.5 Å². The number of likely N-dealkylation sites (tertiary alicyclic amines) is 1. The third-order valence-corrected chi connectivity index (χ3v) is 4.47. The lowest BCUT2D eigenvalue weighted by Crippen LogP contribution is -2.46. The maximum absolute atomic E-state index is 3.76. The predicted octanol–water partition coefficient (Wildman–Crippen LogP) is 3.13. The van der Waals surface area contributed by atoms with Gasteiger partial charge >= 0.3 is 0 Å². The first-order valence-electron chi connectivity index (χ1n) is 8.75. The van der Waals surface area contributed by atoms with E-state index in [4.69, 9.17) is 0 Å². The summed E-state index contributed by atoms with van der Waals surface area (Å²) in [5, 5.41) is 3.76. The summed E-state index contributed by atoms with van der Waals surface area (Å²) in [7, 11) is 0. The van der Waals surface area contributed by atoms with Crippen molar-refractivity contribution in [3.05, 3.63) is 11.6 Å². The number of nitrogens with zero attached hydrogens (tertiary/aromatic N) is 2. The van der Waals surface area contributed by atoms with Gasteiger partial charge in [-0.15, -0.1) is 0 Å². The summed E-state index contributed by atoms with van der Waals surface area (Å²) in [6.07, 6.45) is 4.93. The highest BCUT2D eigenvalue weighted by Crippen LogP contribution is 2.11. The zero-order valence-electron chi connectivity index (χ0n) is 15.2. The van der Waals surface area contributed by atoms with Gasteiger partial charge in [0.25, 0.3) is 0 Å². The van der Waals surface area contributed by atoms with Crippen LogP contribution < -0.4 is 5.32 Å². The molecule has 0 unspecified atom stereocenters. The zero-order valence-corrected chi connectivity index (χ0v) is 15.2. The van der Waals surface area contributed by atoms with Crippen LogP contribution in [0.3, 0.4) is 0 Å². The Morgan fingerprint density at radius 2 is 1.71 bits per heavy atom. The average molecular weight is 296 g/mol. The van der Waals surface area contributed by atoms with E-state index in [1.54, 1.807) is 0 Å². The number of nitrogens with one attached hydrogen (secondary N) is 1. The third-order valence-electron chi connectivity index (χ3n) is 4.47. The Bertz CT molecular complexity index is 290. The minimum Gasteiger partial charge on any atom is -0.313 e. The Morgan fingerprint density at radius 3 is 2.19 bits per heavy atom. The van der Waals surface area contributed by atoms with Gasteiger partial charge in [0, 0.05) is 37.8 Å². The highest BCUT2D eigenvalue weighted by atomic mass is 15.2. The fourth-order valence-electron chi connectivity index (χ4n) is 3.14. The van der Waals surface area contributed by atoms with Crippen LogP contribution in [0.5, 0.6) is 0 Å². The Kier molecular flexibility index (Phi) is 8.53. The quantitative estimate of drug-likeness (QED) is 0.694. The van der Waals surface area contributed by atoms with E-state index >= 15 is 0 Å². The van der Waals surface area contributed by atoms with E-state index in [0.29, 0.717) is 18.1 Å². The summed E-state index contributed by atoms with van der Waals surface area (Å²) in [6, 6.07) is 1.99. The second-order valence-electron chi connectivity index (χ2n) is 7.24. The molecule has 0 bridgehead atoms. The largest absolute Gasteiger partial charge is 0.313 e. The molecule has 1 rings (SSSR count). The molecule has 0 amide bonds. The van der Waals surface area contributed by atoms with Crippen LogP contribution in [0.4, 0.5) is 0 Å². The van der Waals surface area contributed by atoms with Crippen molar-refractivity contribution in [3.63, 3.8) is 0 Å². The van der Waals surface area contributed by atoms with E-state index in [2.05, 4.69) is 62.7 Å². The van der Waals surface area contributed by atoms with Gasteiger partial charge in [-0.25, -0.2) is 0 Å². The Hall–Kier alpha value is -0.380. The summed E-state index contributed by atoms with van der Waals surface area (Å²) in [6.45, 7) is 19.4. The van der Waals surface area contributed by atoms with Crippen LogP contribution in [0.1, 0.15) is 54.4 Å². The number of allylic oxidation sites excluding steroid dienone is 1. The molecule has 1 saturated heterocycles. The number of rotatable bonds is 8. The molecule has 0 aromatic carbocycles. The first-order valence-corrected chi connectivity index (χ1v) is 8.75. The lowest BCUT2D eigenvalue weighted by atomic mass is 10.0. The van der Waals surface area contributed by atoms with E-state index in [-0.39, 0.29) is 0 Å². The van der Waals surface area contributed by atoms with Gasteiger partial charge in [-0.1, -0.05) is 11.6 Å². The molecule has 124 valence electrons. The maximum atomic E-state index is 3.76. The molecule has 0 aromatic rings. The van der Waals surface area contributed by atoms with Crippen molar-refractivity contribution in [2.75, 3.05) is 32.7 Å². The van der Waals surface area contributed by atoms with Gasteiger partial charge in [0.15, 0.2) is 0 Å². The van der Waals surface area contributed by atoms with Crippen LogP contribution in [-0.4, -0.2) is 60.6 Å². The lowest BCUT2D eigenvalue weighted by molar-refractivity contribution is 0.165. The van der Waals surface area contributed by atoms with E-state index in [0.717, 1.165) is 19.6 Å². The Morgan fingerprint density at radius 1 is 1.14 bits per heavy atom. The molecule has 0 atom stereocenters. The van der Waals surface area contributed by atoms with Gasteiger partial charge in [-0.2, -0.15) is 0 Å². The Labute approximate surface area is 132 Å². The van der Waals surface area contributed by atoms with Crippen molar-refractivity contribution in [2.45, 2.75) is 72.5 Å². The van der Waals surface area contributed by atoms with E-state index in [9.17, 15) is 0 Å². The molecule has 0 saturated carbocycles. The third kappa shape index (κ3) is 7.44. The molecule has 1 aliphatic rings. The molecule has 1 aliphatic heterocycles. The molecular weight excluding hydrogens is 258 g/mol. The van der Waals surface area contributed by atoms with Crippen molar-refractivity contribution in [1.29, 1.82) is 0 Å². The Balaban J connectivity index is 2.19. The van der Waals surface area contributed by atoms with Gasteiger partial charge in [0.05, 0.1) is 0 Å². The minimum atomic E-state index is 0.637. The molecule has 1 N–H and O–H groups in total. The smallest absolute Gasteiger partial charge is 0.0165 e. The fraction of sp³-hybridized carbons (Fsp3) is 0.889. The molecular formula is C18H37N3. The molecule has 21 heavy (non-hydrogen) atoms. The van der Waals surface area contributed by atoms with Gasteiger partial charge in [0.1, 0.15) is 0 Å². The average Bonchev–Trinajstić information content (AvgIpc) is 2.41. The van der Waals surface area contributed by atoms with Crippen molar-refractivity contribution in [2.24, 2.45) is 0 Å². The first kappa shape index (κ1) is 18.7. The number of hydrogen-bond acceptors (Lipinski definition) is 3. The van der Waals surface area contributed by atoms with Gasteiger partial charge < -0.3 is 5.32 Å². The van der Waals surface area contributed by atoms with E-state index in [1.165, 1.54) is 31.5 Å². The molecule has 3 nitrogen and oxygen atoms in total. The van der Waals surface area contributed by atoms with Crippen molar-refractivity contribution >= 4 is 0 Å². The van der Waals surface area contributed by atoms with Crippen LogP contribution in [0.25, 0.3) is 0 Å². The first-order chi connectivity index (χ1) is 9.90. The van der Waals surface area contributed by atoms with E-state index in [1.807, 2.05) is 0 Å². The molecule has 1 heterocycles. The summed E-state index contributed by atoms with van der Waals surface area (Å²) >= 11 is 0. The summed E-state index contributed by atoms with van der Waals surface area (Å²) in [4.78, 5) is 5.14. The van der Waals surface area contributed by atoms with Crippen molar-refractivity contribution in [3.8, 4) is 0 Å². The highest BCUT2D eigenvalue weighted by Gasteiger charge is 2.18. The summed E-state index contributed by atoms with van der Waals surface area (Å²) in [5.74, 6) is 0. The molecule has 0 aromatic heterocycles. The van der Waals surface area contributed by atoms with Crippen LogP contribution >= 0.6 is 0 Å².